The van der Waals surface area contributed by atoms with Crippen molar-refractivity contribution >= 4 is 5.96 Å². The van der Waals surface area contributed by atoms with E-state index in [1.54, 1.807) is 37.6 Å². The van der Waals surface area contributed by atoms with E-state index in [0.717, 1.165) is 37.5 Å². The van der Waals surface area contributed by atoms with Crippen molar-refractivity contribution in [3.63, 3.8) is 0 Å². The molecular weight excluding hydrogens is 369 g/mol. The van der Waals surface area contributed by atoms with Gasteiger partial charge >= 0.3 is 0 Å². The summed E-state index contributed by atoms with van der Waals surface area (Å²) < 4.78 is 19.9. The Morgan fingerprint density at radius 1 is 1.31 bits per heavy atom. The number of hydrogen-bond acceptors (Lipinski definition) is 4. The van der Waals surface area contributed by atoms with Crippen molar-refractivity contribution in [1.82, 2.24) is 20.5 Å². The van der Waals surface area contributed by atoms with E-state index in [1.807, 2.05) is 6.07 Å². The molecule has 0 spiro atoms. The van der Waals surface area contributed by atoms with Gasteiger partial charge in [-0.05, 0) is 56.5 Å². The Labute approximate surface area is 172 Å². The van der Waals surface area contributed by atoms with Gasteiger partial charge in [0.1, 0.15) is 5.75 Å². The van der Waals surface area contributed by atoms with Gasteiger partial charge in [0.15, 0.2) is 17.5 Å². The van der Waals surface area contributed by atoms with Crippen LogP contribution in [-0.4, -0.2) is 48.1 Å². The molecule has 29 heavy (non-hydrogen) atoms. The number of guanidine groups is 1. The highest BCUT2D eigenvalue weighted by Crippen LogP contribution is 2.24. The molecule has 1 aromatic heterocycles. The van der Waals surface area contributed by atoms with Gasteiger partial charge in [-0.25, -0.2) is 4.39 Å². The van der Waals surface area contributed by atoms with E-state index >= 15 is 0 Å². The average molecular weight is 400 g/mol. The average Bonchev–Trinajstić information content (AvgIpc) is 2.74. The van der Waals surface area contributed by atoms with Crippen molar-refractivity contribution in [2.45, 2.75) is 45.3 Å². The smallest absolute Gasteiger partial charge is 0.191 e. The minimum Gasteiger partial charge on any atom is -0.453 e. The summed E-state index contributed by atoms with van der Waals surface area (Å²) in [6, 6.07) is 9.44. The Hall–Kier alpha value is -2.67. The normalized spacial score (nSPS) is 16.1. The van der Waals surface area contributed by atoms with Crippen LogP contribution in [0, 0.1) is 5.82 Å². The largest absolute Gasteiger partial charge is 0.453 e. The molecule has 0 bridgehead atoms. The number of ether oxygens (including phenoxy) is 1. The summed E-state index contributed by atoms with van der Waals surface area (Å²) in [5.41, 5.74) is 0.818. The minimum absolute atomic E-state index is 0.182. The molecule has 2 aromatic rings. The van der Waals surface area contributed by atoms with Gasteiger partial charge in [0.2, 0.25) is 0 Å². The lowest BCUT2D eigenvalue weighted by Crippen LogP contribution is -2.49. The van der Waals surface area contributed by atoms with Gasteiger partial charge < -0.3 is 20.3 Å². The molecule has 0 atom stereocenters. The molecule has 1 aromatic carbocycles. The number of aliphatic imine (C=N–C) groups is 1. The Bertz CT molecular complexity index is 804. The summed E-state index contributed by atoms with van der Waals surface area (Å²) in [5, 5.41) is 6.75. The van der Waals surface area contributed by atoms with Crippen molar-refractivity contribution in [3.8, 4) is 11.5 Å². The number of benzene rings is 1. The second-order valence-electron chi connectivity index (χ2n) is 7.53. The van der Waals surface area contributed by atoms with Crippen LogP contribution in [-0.2, 0) is 6.54 Å². The van der Waals surface area contributed by atoms with Crippen LogP contribution in [0.1, 0.15) is 32.3 Å². The third-order valence-electron chi connectivity index (χ3n) is 5.14. The third kappa shape index (κ3) is 6.15. The first-order valence-corrected chi connectivity index (χ1v) is 10.1. The van der Waals surface area contributed by atoms with Crippen LogP contribution in [0.3, 0.4) is 0 Å². The molecule has 2 heterocycles. The van der Waals surface area contributed by atoms with Gasteiger partial charge in [-0.3, -0.25) is 9.98 Å². The predicted molar refractivity (Wildman–Crippen MR) is 114 cm³/mol. The summed E-state index contributed by atoms with van der Waals surface area (Å²) in [6.45, 7) is 7.14. The fourth-order valence-corrected chi connectivity index (χ4v) is 3.41. The molecule has 6 nitrogen and oxygen atoms in total. The Kier molecular flexibility index (Phi) is 7.41. The molecule has 0 amide bonds. The van der Waals surface area contributed by atoms with Crippen LogP contribution in [0.5, 0.6) is 11.5 Å². The van der Waals surface area contributed by atoms with Crippen LogP contribution in [0.15, 0.2) is 47.7 Å². The lowest BCUT2D eigenvalue weighted by atomic mass is 10.0. The number of halogens is 1. The number of hydrogen-bond donors (Lipinski definition) is 2. The van der Waals surface area contributed by atoms with Gasteiger partial charge in [-0.2, -0.15) is 0 Å². The lowest BCUT2D eigenvalue weighted by Gasteiger charge is -2.35. The van der Waals surface area contributed by atoms with Crippen LogP contribution in [0.2, 0.25) is 0 Å². The maximum absolute atomic E-state index is 14.4. The molecule has 2 N–H and O–H groups in total. The molecule has 7 heteroatoms. The molecule has 3 rings (SSSR count). The first-order chi connectivity index (χ1) is 14.0. The van der Waals surface area contributed by atoms with E-state index in [0.29, 0.717) is 24.4 Å². The maximum Gasteiger partial charge on any atom is 0.191 e. The number of pyridine rings is 1. The fraction of sp³-hybridized carbons (Fsp3) is 0.455. The number of nitrogens with one attached hydrogen (secondary N) is 2. The minimum atomic E-state index is -0.405. The number of likely N-dealkylation sites (tertiary alicyclic amines) is 1. The van der Waals surface area contributed by atoms with Gasteiger partial charge in [-0.15, -0.1) is 0 Å². The second kappa shape index (κ2) is 10.2. The van der Waals surface area contributed by atoms with Crippen molar-refractivity contribution in [1.29, 1.82) is 0 Å². The van der Waals surface area contributed by atoms with Crippen LogP contribution in [0.4, 0.5) is 4.39 Å². The Morgan fingerprint density at radius 3 is 2.72 bits per heavy atom. The van der Waals surface area contributed by atoms with Crippen molar-refractivity contribution < 1.29 is 9.13 Å². The number of aromatic nitrogens is 1. The lowest BCUT2D eigenvalue weighted by molar-refractivity contribution is 0.167. The standard InChI is InChI=1S/C22H30FN5O/c1-16(2)28-11-8-18(9-12-28)27-22(24-3)26-14-17-6-7-21(20(23)13-17)29-19-5-4-10-25-15-19/h4-7,10,13,15-16,18H,8-9,11-12,14H2,1-3H3,(H2,24,26,27). The SMILES string of the molecule is CN=C(NCc1ccc(Oc2cccnc2)c(F)c1)NC1CCN(C(C)C)CC1. The molecular formula is C22H30FN5O. The van der Waals surface area contributed by atoms with E-state index in [9.17, 15) is 4.39 Å². The molecule has 1 saturated heterocycles. The molecule has 1 aliphatic heterocycles. The zero-order chi connectivity index (χ0) is 20.6. The topological polar surface area (TPSA) is 61.8 Å². The monoisotopic (exact) mass is 399 g/mol. The zero-order valence-electron chi connectivity index (χ0n) is 17.4. The fourth-order valence-electron chi connectivity index (χ4n) is 3.41. The number of rotatable bonds is 6. The molecule has 0 aliphatic carbocycles. The van der Waals surface area contributed by atoms with E-state index in [1.165, 1.54) is 6.07 Å². The van der Waals surface area contributed by atoms with Crippen LogP contribution >= 0.6 is 0 Å². The van der Waals surface area contributed by atoms with Crippen LogP contribution < -0.4 is 15.4 Å². The van der Waals surface area contributed by atoms with E-state index < -0.39 is 5.82 Å². The summed E-state index contributed by atoms with van der Waals surface area (Å²) in [5.74, 6) is 1.02. The van der Waals surface area contributed by atoms with Crippen molar-refractivity contribution in [3.05, 3.63) is 54.1 Å². The quantitative estimate of drug-likeness (QED) is 0.575. The van der Waals surface area contributed by atoms with Gasteiger partial charge in [-0.1, -0.05) is 6.07 Å². The van der Waals surface area contributed by atoms with Crippen molar-refractivity contribution in [2.75, 3.05) is 20.1 Å². The third-order valence-corrected chi connectivity index (χ3v) is 5.14. The Morgan fingerprint density at radius 2 is 2.10 bits per heavy atom. The molecule has 156 valence electrons. The zero-order valence-corrected chi connectivity index (χ0v) is 17.4. The summed E-state index contributed by atoms with van der Waals surface area (Å²) in [4.78, 5) is 10.8. The maximum atomic E-state index is 14.4. The molecule has 1 aliphatic rings. The molecule has 0 radical (unpaired) electrons. The van der Waals surface area contributed by atoms with Gasteiger partial charge in [0, 0.05) is 45.0 Å². The molecule has 0 unspecified atom stereocenters. The predicted octanol–water partition coefficient (Wildman–Crippen LogP) is 3.55. The van der Waals surface area contributed by atoms with E-state index in [4.69, 9.17) is 4.74 Å². The highest BCUT2D eigenvalue weighted by molar-refractivity contribution is 5.79. The summed E-state index contributed by atoms with van der Waals surface area (Å²) in [6.07, 6.45) is 5.38. The number of piperidine rings is 1. The van der Waals surface area contributed by atoms with Crippen molar-refractivity contribution in [2.24, 2.45) is 4.99 Å². The highest BCUT2D eigenvalue weighted by Gasteiger charge is 2.21. The molecule has 0 saturated carbocycles. The highest BCUT2D eigenvalue weighted by atomic mass is 19.1. The first-order valence-electron chi connectivity index (χ1n) is 10.1. The first kappa shape index (κ1) is 21.0. The van der Waals surface area contributed by atoms with Gasteiger partial charge in [0.05, 0.1) is 6.20 Å². The summed E-state index contributed by atoms with van der Waals surface area (Å²) >= 11 is 0. The number of nitrogens with zero attached hydrogens (tertiary/aromatic N) is 3. The summed E-state index contributed by atoms with van der Waals surface area (Å²) in [7, 11) is 1.75. The van der Waals surface area contributed by atoms with Crippen LogP contribution in [0.25, 0.3) is 0 Å². The second-order valence-corrected chi connectivity index (χ2v) is 7.53. The van der Waals surface area contributed by atoms with Gasteiger partial charge in [0.25, 0.3) is 0 Å². The van der Waals surface area contributed by atoms with E-state index in [-0.39, 0.29) is 5.75 Å². The Balaban J connectivity index is 1.50. The molecule has 1 fully saturated rings. The van der Waals surface area contributed by atoms with E-state index in [2.05, 4.69) is 39.4 Å².